The van der Waals surface area contributed by atoms with E-state index in [4.69, 9.17) is 11.0 Å². The van der Waals surface area contributed by atoms with E-state index >= 15 is 0 Å². The summed E-state index contributed by atoms with van der Waals surface area (Å²) in [6.07, 6.45) is 0. The SMILES string of the molecule is CC(C)(CN)Nc1ccc(C#N)nn1. The number of hydrogen-bond donors (Lipinski definition) is 2. The second-order valence-electron chi connectivity index (χ2n) is 3.63. The molecule has 0 aliphatic heterocycles. The smallest absolute Gasteiger partial charge is 0.163 e. The van der Waals surface area contributed by atoms with E-state index in [0.717, 1.165) is 0 Å². The number of aromatic nitrogens is 2. The van der Waals surface area contributed by atoms with Gasteiger partial charge >= 0.3 is 0 Å². The highest BCUT2D eigenvalue weighted by atomic mass is 15.2. The van der Waals surface area contributed by atoms with Crippen LogP contribution in [-0.4, -0.2) is 22.3 Å². The highest BCUT2D eigenvalue weighted by Gasteiger charge is 2.15. The molecule has 74 valence electrons. The Hall–Kier alpha value is -1.67. The summed E-state index contributed by atoms with van der Waals surface area (Å²) in [7, 11) is 0. The summed E-state index contributed by atoms with van der Waals surface area (Å²) in [4.78, 5) is 0. The van der Waals surface area contributed by atoms with Gasteiger partial charge in [0.25, 0.3) is 0 Å². The second-order valence-corrected chi connectivity index (χ2v) is 3.63. The molecule has 0 fully saturated rings. The fourth-order valence-electron chi connectivity index (χ4n) is 0.856. The van der Waals surface area contributed by atoms with Gasteiger partial charge in [-0.25, -0.2) is 0 Å². The van der Waals surface area contributed by atoms with Crippen LogP contribution in [0.2, 0.25) is 0 Å². The molecule has 5 heteroatoms. The summed E-state index contributed by atoms with van der Waals surface area (Å²) in [5.74, 6) is 0.624. The third kappa shape index (κ3) is 2.68. The molecule has 0 unspecified atom stereocenters. The molecule has 1 rings (SSSR count). The average molecular weight is 191 g/mol. The predicted octanol–water partition coefficient (Wildman–Crippen LogP) is 0.497. The van der Waals surface area contributed by atoms with Crippen LogP contribution in [0.25, 0.3) is 0 Å². The fraction of sp³-hybridized carbons (Fsp3) is 0.444. The van der Waals surface area contributed by atoms with Gasteiger partial charge in [-0.15, -0.1) is 10.2 Å². The Morgan fingerprint density at radius 2 is 2.21 bits per heavy atom. The van der Waals surface area contributed by atoms with Crippen LogP contribution in [0.1, 0.15) is 19.5 Å². The number of rotatable bonds is 3. The van der Waals surface area contributed by atoms with Crippen LogP contribution in [0, 0.1) is 11.3 Å². The van der Waals surface area contributed by atoms with Gasteiger partial charge in [-0.2, -0.15) is 5.26 Å². The van der Waals surface area contributed by atoms with Crippen molar-refractivity contribution in [3.05, 3.63) is 17.8 Å². The molecular formula is C9H13N5. The molecule has 0 saturated carbocycles. The summed E-state index contributed by atoms with van der Waals surface area (Å²) >= 11 is 0. The van der Waals surface area contributed by atoms with Crippen molar-refractivity contribution in [1.29, 1.82) is 5.26 Å². The van der Waals surface area contributed by atoms with Gasteiger partial charge in [-0.1, -0.05) is 0 Å². The minimum absolute atomic E-state index is 0.219. The summed E-state index contributed by atoms with van der Waals surface area (Å²) < 4.78 is 0. The molecule has 0 spiro atoms. The highest BCUT2D eigenvalue weighted by molar-refractivity contribution is 5.37. The number of hydrogen-bond acceptors (Lipinski definition) is 5. The average Bonchev–Trinajstić information content (AvgIpc) is 2.19. The fourth-order valence-corrected chi connectivity index (χ4v) is 0.856. The zero-order valence-corrected chi connectivity index (χ0v) is 8.28. The lowest BCUT2D eigenvalue weighted by atomic mass is 10.1. The van der Waals surface area contributed by atoms with Crippen LogP contribution in [0.3, 0.4) is 0 Å². The Kier molecular flexibility index (Phi) is 2.99. The van der Waals surface area contributed by atoms with Crippen molar-refractivity contribution in [3.8, 4) is 6.07 Å². The first-order valence-electron chi connectivity index (χ1n) is 4.29. The predicted molar refractivity (Wildman–Crippen MR) is 53.5 cm³/mol. The van der Waals surface area contributed by atoms with Crippen molar-refractivity contribution < 1.29 is 0 Å². The molecule has 0 atom stereocenters. The van der Waals surface area contributed by atoms with E-state index < -0.39 is 0 Å². The van der Waals surface area contributed by atoms with E-state index in [9.17, 15) is 0 Å². The molecular weight excluding hydrogens is 178 g/mol. The van der Waals surface area contributed by atoms with E-state index in [1.54, 1.807) is 12.1 Å². The van der Waals surface area contributed by atoms with Crippen molar-refractivity contribution in [1.82, 2.24) is 10.2 Å². The minimum atomic E-state index is -0.219. The molecule has 5 nitrogen and oxygen atoms in total. The quantitative estimate of drug-likeness (QED) is 0.726. The number of anilines is 1. The standard InChI is InChI=1S/C9H13N5/c1-9(2,6-11)12-8-4-3-7(5-10)13-14-8/h3-4H,6,11H2,1-2H3,(H,12,14). The summed E-state index contributed by atoms with van der Waals surface area (Å²) in [6, 6.07) is 5.23. The summed E-state index contributed by atoms with van der Waals surface area (Å²) in [5, 5.41) is 19.2. The maximum absolute atomic E-state index is 8.51. The van der Waals surface area contributed by atoms with Crippen molar-refractivity contribution in [2.45, 2.75) is 19.4 Å². The second kappa shape index (κ2) is 4.03. The Morgan fingerprint density at radius 3 is 2.64 bits per heavy atom. The Morgan fingerprint density at radius 1 is 1.50 bits per heavy atom. The molecule has 0 aliphatic carbocycles. The van der Waals surface area contributed by atoms with Gasteiger partial charge in [0.15, 0.2) is 5.69 Å². The van der Waals surface area contributed by atoms with Gasteiger partial charge in [0.1, 0.15) is 11.9 Å². The van der Waals surface area contributed by atoms with E-state index in [1.165, 1.54) is 0 Å². The lowest BCUT2D eigenvalue weighted by molar-refractivity contribution is 0.576. The van der Waals surface area contributed by atoms with Crippen molar-refractivity contribution in [2.75, 3.05) is 11.9 Å². The lowest BCUT2D eigenvalue weighted by Gasteiger charge is -2.24. The Bertz CT molecular complexity index is 335. The normalized spacial score (nSPS) is 10.7. The Labute approximate surface area is 82.9 Å². The zero-order valence-electron chi connectivity index (χ0n) is 8.28. The van der Waals surface area contributed by atoms with E-state index in [1.807, 2.05) is 19.9 Å². The van der Waals surface area contributed by atoms with Crippen molar-refractivity contribution in [2.24, 2.45) is 5.73 Å². The molecule has 14 heavy (non-hydrogen) atoms. The number of nitrogens with zero attached hydrogens (tertiary/aromatic N) is 3. The highest BCUT2D eigenvalue weighted by Crippen LogP contribution is 2.10. The molecule has 0 bridgehead atoms. The molecule has 0 radical (unpaired) electrons. The van der Waals surface area contributed by atoms with Gasteiger partial charge in [0, 0.05) is 12.1 Å². The molecule has 1 aromatic rings. The minimum Gasteiger partial charge on any atom is -0.362 e. The molecule has 0 aliphatic rings. The van der Waals surface area contributed by atoms with Gasteiger partial charge in [-0.3, -0.25) is 0 Å². The summed E-state index contributed by atoms with van der Waals surface area (Å²) in [6.45, 7) is 4.43. The number of nitriles is 1. The van der Waals surface area contributed by atoms with Crippen molar-refractivity contribution >= 4 is 5.82 Å². The molecule has 0 saturated heterocycles. The van der Waals surface area contributed by atoms with Crippen LogP contribution in [0.15, 0.2) is 12.1 Å². The largest absolute Gasteiger partial charge is 0.362 e. The van der Waals surface area contributed by atoms with Crippen LogP contribution >= 0.6 is 0 Å². The maximum atomic E-state index is 8.51. The van der Waals surface area contributed by atoms with E-state index in [0.29, 0.717) is 18.1 Å². The maximum Gasteiger partial charge on any atom is 0.163 e. The monoisotopic (exact) mass is 191 g/mol. The summed E-state index contributed by atoms with van der Waals surface area (Å²) in [5.41, 5.74) is 5.63. The molecule has 3 N–H and O–H groups in total. The van der Waals surface area contributed by atoms with Crippen LogP contribution in [0.5, 0.6) is 0 Å². The molecule has 0 aromatic carbocycles. The van der Waals surface area contributed by atoms with Gasteiger partial charge < -0.3 is 11.1 Å². The van der Waals surface area contributed by atoms with Crippen LogP contribution < -0.4 is 11.1 Å². The van der Waals surface area contributed by atoms with Crippen LogP contribution in [-0.2, 0) is 0 Å². The van der Waals surface area contributed by atoms with Crippen molar-refractivity contribution in [3.63, 3.8) is 0 Å². The molecule has 0 amide bonds. The molecule has 1 aromatic heterocycles. The third-order valence-electron chi connectivity index (χ3n) is 1.76. The lowest BCUT2D eigenvalue weighted by Crippen LogP contribution is -2.39. The first kappa shape index (κ1) is 10.4. The topological polar surface area (TPSA) is 87.6 Å². The van der Waals surface area contributed by atoms with E-state index in [2.05, 4.69) is 15.5 Å². The van der Waals surface area contributed by atoms with E-state index in [-0.39, 0.29) is 5.54 Å². The van der Waals surface area contributed by atoms with Gasteiger partial charge in [0.2, 0.25) is 0 Å². The number of nitrogens with one attached hydrogen (secondary N) is 1. The first-order valence-corrected chi connectivity index (χ1v) is 4.29. The molecule has 1 heterocycles. The Balaban J connectivity index is 2.75. The number of nitrogens with two attached hydrogens (primary N) is 1. The zero-order chi connectivity index (χ0) is 10.6. The van der Waals surface area contributed by atoms with Crippen LogP contribution in [0.4, 0.5) is 5.82 Å². The first-order chi connectivity index (χ1) is 6.57. The van der Waals surface area contributed by atoms with Gasteiger partial charge in [0.05, 0.1) is 0 Å². The third-order valence-corrected chi connectivity index (χ3v) is 1.76. The van der Waals surface area contributed by atoms with Gasteiger partial charge in [-0.05, 0) is 26.0 Å².